The maximum absolute atomic E-state index is 12.6. The van der Waals surface area contributed by atoms with E-state index in [1.165, 1.54) is 6.42 Å². The largest absolute Gasteiger partial charge is 0.339 e. The second-order valence-electron chi connectivity index (χ2n) is 6.48. The van der Waals surface area contributed by atoms with Crippen molar-refractivity contribution >= 4 is 5.91 Å². The van der Waals surface area contributed by atoms with Crippen molar-refractivity contribution in [2.75, 3.05) is 13.1 Å². The van der Waals surface area contributed by atoms with E-state index in [4.69, 9.17) is 0 Å². The van der Waals surface area contributed by atoms with Crippen molar-refractivity contribution in [1.82, 2.24) is 15.1 Å². The average Bonchev–Trinajstić information content (AvgIpc) is 3.23. The van der Waals surface area contributed by atoms with Crippen LogP contribution in [0.15, 0.2) is 60.8 Å². The van der Waals surface area contributed by atoms with Crippen LogP contribution >= 0.6 is 0 Å². The van der Waals surface area contributed by atoms with Crippen molar-refractivity contribution in [2.24, 2.45) is 0 Å². The number of benzene rings is 2. The molecule has 1 amide bonds. The number of hydrogen-bond acceptors (Lipinski definition) is 2. The van der Waals surface area contributed by atoms with Crippen molar-refractivity contribution in [3.8, 4) is 22.4 Å². The molecule has 1 N–H and O–H groups in total. The van der Waals surface area contributed by atoms with Crippen LogP contribution in [-0.2, 0) is 0 Å². The number of amides is 1. The van der Waals surface area contributed by atoms with Crippen molar-refractivity contribution < 1.29 is 4.79 Å². The quantitative estimate of drug-likeness (QED) is 0.775. The summed E-state index contributed by atoms with van der Waals surface area (Å²) >= 11 is 0. The number of rotatable bonds is 3. The maximum atomic E-state index is 12.6. The van der Waals surface area contributed by atoms with Crippen molar-refractivity contribution in [3.05, 3.63) is 66.4 Å². The van der Waals surface area contributed by atoms with E-state index in [2.05, 4.69) is 28.4 Å². The van der Waals surface area contributed by atoms with Gasteiger partial charge >= 0.3 is 0 Å². The van der Waals surface area contributed by atoms with Gasteiger partial charge < -0.3 is 4.90 Å². The van der Waals surface area contributed by atoms with Crippen LogP contribution in [0.4, 0.5) is 0 Å². The maximum Gasteiger partial charge on any atom is 0.253 e. The molecule has 3 aromatic rings. The normalized spacial score (nSPS) is 14.5. The molecule has 4 rings (SSSR count). The fourth-order valence-electron chi connectivity index (χ4n) is 3.37. The highest BCUT2D eigenvalue weighted by Crippen LogP contribution is 2.26. The first-order valence-corrected chi connectivity index (χ1v) is 8.81. The molecular formula is C21H21N3O. The Kier molecular flexibility index (Phi) is 4.34. The molecule has 0 saturated carbocycles. The third-order valence-corrected chi connectivity index (χ3v) is 4.78. The Balaban J connectivity index is 1.56. The zero-order valence-electron chi connectivity index (χ0n) is 14.1. The molecule has 4 nitrogen and oxygen atoms in total. The van der Waals surface area contributed by atoms with Crippen LogP contribution in [0.3, 0.4) is 0 Å². The zero-order valence-corrected chi connectivity index (χ0v) is 14.1. The number of carbonyl (C=O) groups is 1. The smallest absolute Gasteiger partial charge is 0.253 e. The van der Waals surface area contributed by atoms with Crippen LogP contribution in [0.25, 0.3) is 22.4 Å². The van der Waals surface area contributed by atoms with Gasteiger partial charge in [-0.2, -0.15) is 5.10 Å². The number of carbonyl (C=O) groups excluding carboxylic acids is 1. The average molecular weight is 331 g/mol. The molecule has 0 atom stereocenters. The molecule has 25 heavy (non-hydrogen) atoms. The van der Waals surface area contributed by atoms with E-state index in [9.17, 15) is 4.79 Å². The number of H-pyrrole nitrogens is 1. The molecule has 1 aromatic heterocycles. The molecular weight excluding hydrogens is 310 g/mol. The lowest BCUT2D eigenvalue weighted by Gasteiger charge is -2.26. The standard InChI is InChI=1S/C21H21N3O/c25-21(24-13-2-1-3-14-24)17-9-7-16(8-10-17)18-5-4-6-19(15-18)20-11-12-22-23-20/h4-12,15H,1-3,13-14H2,(H,22,23). The lowest BCUT2D eigenvalue weighted by atomic mass is 10.00. The second kappa shape index (κ2) is 6.93. The van der Waals surface area contributed by atoms with Gasteiger partial charge in [-0.15, -0.1) is 0 Å². The number of likely N-dealkylation sites (tertiary alicyclic amines) is 1. The molecule has 0 spiro atoms. The predicted octanol–water partition coefficient (Wildman–Crippen LogP) is 4.37. The van der Waals surface area contributed by atoms with Gasteiger partial charge in [0.05, 0.1) is 5.69 Å². The van der Waals surface area contributed by atoms with Gasteiger partial charge in [0.25, 0.3) is 5.91 Å². The second-order valence-corrected chi connectivity index (χ2v) is 6.48. The van der Waals surface area contributed by atoms with Gasteiger partial charge in [-0.25, -0.2) is 0 Å². The molecule has 1 saturated heterocycles. The molecule has 0 radical (unpaired) electrons. The minimum absolute atomic E-state index is 0.150. The summed E-state index contributed by atoms with van der Waals surface area (Å²) in [5.41, 5.74) is 5.11. The zero-order chi connectivity index (χ0) is 17.1. The summed E-state index contributed by atoms with van der Waals surface area (Å²) in [6.45, 7) is 1.76. The Labute approximate surface area is 147 Å². The Hall–Kier alpha value is -2.88. The summed E-state index contributed by atoms with van der Waals surface area (Å²) in [6.07, 6.45) is 5.22. The third kappa shape index (κ3) is 3.33. The minimum atomic E-state index is 0.150. The number of nitrogens with zero attached hydrogens (tertiary/aromatic N) is 2. The van der Waals surface area contributed by atoms with Gasteiger partial charge in [-0.3, -0.25) is 9.89 Å². The van der Waals surface area contributed by atoms with Gasteiger partial charge in [-0.05, 0) is 54.7 Å². The van der Waals surface area contributed by atoms with Crippen molar-refractivity contribution in [2.45, 2.75) is 19.3 Å². The van der Waals surface area contributed by atoms with E-state index < -0.39 is 0 Å². The number of hydrogen-bond donors (Lipinski definition) is 1. The van der Waals surface area contributed by atoms with Gasteiger partial charge in [0.2, 0.25) is 0 Å². The molecule has 1 aliphatic rings. The minimum Gasteiger partial charge on any atom is -0.339 e. The first kappa shape index (κ1) is 15.6. The first-order chi connectivity index (χ1) is 12.3. The number of aromatic amines is 1. The van der Waals surface area contributed by atoms with Gasteiger partial charge in [0.15, 0.2) is 0 Å². The van der Waals surface area contributed by atoms with Crippen LogP contribution in [0.1, 0.15) is 29.6 Å². The summed E-state index contributed by atoms with van der Waals surface area (Å²) in [7, 11) is 0. The molecule has 2 heterocycles. The van der Waals surface area contributed by atoms with Gasteiger partial charge in [0, 0.05) is 30.4 Å². The van der Waals surface area contributed by atoms with Gasteiger partial charge in [0.1, 0.15) is 0 Å². The topological polar surface area (TPSA) is 49.0 Å². The summed E-state index contributed by atoms with van der Waals surface area (Å²) in [6, 6.07) is 18.2. The van der Waals surface area contributed by atoms with Crippen molar-refractivity contribution in [3.63, 3.8) is 0 Å². The lowest BCUT2D eigenvalue weighted by molar-refractivity contribution is 0.0724. The fraction of sp³-hybridized carbons (Fsp3) is 0.238. The summed E-state index contributed by atoms with van der Waals surface area (Å²) in [5.74, 6) is 0.150. The Morgan fingerprint density at radius 3 is 2.36 bits per heavy atom. The molecule has 2 aromatic carbocycles. The van der Waals surface area contributed by atoms with Gasteiger partial charge in [-0.1, -0.05) is 30.3 Å². The van der Waals surface area contributed by atoms with Crippen LogP contribution in [-0.4, -0.2) is 34.1 Å². The number of aromatic nitrogens is 2. The summed E-state index contributed by atoms with van der Waals surface area (Å²) in [4.78, 5) is 14.5. The summed E-state index contributed by atoms with van der Waals surface area (Å²) < 4.78 is 0. The Bertz CT molecular complexity index is 847. The van der Waals surface area contributed by atoms with E-state index in [-0.39, 0.29) is 5.91 Å². The molecule has 1 aliphatic heterocycles. The molecule has 126 valence electrons. The van der Waals surface area contributed by atoms with Crippen LogP contribution in [0, 0.1) is 0 Å². The van der Waals surface area contributed by atoms with Crippen LogP contribution in [0.5, 0.6) is 0 Å². The van der Waals surface area contributed by atoms with E-state index in [1.54, 1.807) is 6.20 Å². The van der Waals surface area contributed by atoms with Crippen LogP contribution in [0.2, 0.25) is 0 Å². The highest BCUT2D eigenvalue weighted by atomic mass is 16.2. The number of piperidine rings is 1. The Morgan fingerprint density at radius 2 is 1.64 bits per heavy atom. The predicted molar refractivity (Wildman–Crippen MR) is 99.2 cm³/mol. The highest BCUT2D eigenvalue weighted by Gasteiger charge is 2.17. The monoisotopic (exact) mass is 331 g/mol. The third-order valence-electron chi connectivity index (χ3n) is 4.78. The Morgan fingerprint density at radius 1 is 0.880 bits per heavy atom. The highest BCUT2D eigenvalue weighted by molar-refractivity contribution is 5.94. The van der Waals surface area contributed by atoms with Crippen LogP contribution < -0.4 is 0 Å². The summed E-state index contributed by atoms with van der Waals surface area (Å²) in [5, 5.41) is 7.00. The first-order valence-electron chi connectivity index (χ1n) is 8.81. The fourth-order valence-corrected chi connectivity index (χ4v) is 3.37. The number of nitrogens with one attached hydrogen (secondary N) is 1. The molecule has 0 aliphatic carbocycles. The van der Waals surface area contributed by atoms with Crippen molar-refractivity contribution in [1.29, 1.82) is 0 Å². The SMILES string of the molecule is O=C(c1ccc(-c2cccc(-c3ccn[nH]3)c2)cc1)N1CCCCC1. The molecule has 0 unspecified atom stereocenters. The molecule has 4 heteroatoms. The van der Waals surface area contributed by atoms with E-state index >= 15 is 0 Å². The van der Waals surface area contributed by atoms with E-state index in [1.807, 2.05) is 41.3 Å². The lowest BCUT2D eigenvalue weighted by Crippen LogP contribution is -2.35. The van der Waals surface area contributed by atoms with E-state index in [0.717, 1.165) is 53.9 Å². The van der Waals surface area contributed by atoms with E-state index in [0.29, 0.717) is 0 Å². The molecule has 0 bridgehead atoms. The molecule has 1 fully saturated rings.